The lowest BCUT2D eigenvalue weighted by atomic mass is 9.81. The van der Waals surface area contributed by atoms with Crippen LogP contribution in [-0.4, -0.2) is 23.6 Å². The monoisotopic (exact) mass is 241 g/mol. The quantitative estimate of drug-likeness (QED) is 0.805. The number of hydrogen-bond donors (Lipinski definition) is 1. The minimum atomic E-state index is 0.800. The van der Waals surface area contributed by atoms with Crippen LogP contribution < -0.4 is 5.32 Å². The van der Waals surface area contributed by atoms with E-state index in [1.807, 2.05) is 0 Å². The smallest absolute Gasteiger partial charge is 0.0191 e. The first kappa shape index (κ1) is 12.8. The minimum absolute atomic E-state index is 0.800. The lowest BCUT2D eigenvalue weighted by Crippen LogP contribution is -2.37. The molecule has 1 N–H and O–H groups in total. The van der Waals surface area contributed by atoms with Crippen molar-refractivity contribution in [2.24, 2.45) is 11.8 Å². The van der Waals surface area contributed by atoms with Crippen LogP contribution in [0.5, 0.6) is 0 Å². The van der Waals surface area contributed by atoms with Gasteiger partial charge in [-0.05, 0) is 43.4 Å². The molecule has 2 rings (SSSR count). The maximum Gasteiger partial charge on any atom is 0.0191 e. The van der Waals surface area contributed by atoms with Gasteiger partial charge in [0.2, 0.25) is 0 Å². The second-order valence-corrected chi connectivity index (χ2v) is 7.16. The fourth-order valence-corrected chi connectivity index (χ4v) is 4.39. The Morgan fingerprint density at radius 3 is 2.31 bits per heavy atom. The molecule has 0 radical (unpaired) electrons. The van der Waals surface area contributed by atoms with Gasteiger partial charge in [-0.15, -0.1) is 0 Å². The summed E-state index contributed by atoms with van der Waals surface area (Å²) in [5, 5.41) is 4.65. The molecule has 1 nitrogen and oxygen atoms in total. The number of rotatable bonds is 4. The average molecular weight is 241 g/mol. The molecular weight excluding hydrogens is 214 g/mol. The summed E-state index contributed by atoms with van der Waals surface area (Å²) in [6, 6.07) is 0.800. The van der Waals surface area contributed by atoms with Gasteiger partial charge >= 0.3 is 0 Å². The van der Waals surface area contributed by atoms with Crippen LogP contribution in [0.1, 0.15) is 52.4 Å². The second-order valence-electron chi connectivity index (χ2n) is 5.67. The fraction of sp³-hybridized carbons (Fsp3) is 1.00. The normalized spacial score (nSPS) is 40.1. The number of hydrogen-bond acceptors (Lipinski definition) is 2. The van der Waals surface area contributed by atoms with E-state index < -0.39 is 0 Å². The summed E-state index contributed by atoms with van der Waals surface area (Å²) < 4.78 is 0. The van der Waals surface area contributed by atoms with Crippen LogP contribution in [0, 0.1) is 11.8 Å². The maximum atomic E-state index is 3.81. The Labute approximate surface area is 105 Å². The molecule has 94 valence electrons. The topological polar surface area (TPSA) is 12.0 Å². The van der Waals surface area contributed by atoms with Crippen molar-refractivity contribution in [2.45, 2.75) is 63.7 Å². The van der Waals surface area contributed by atoms with Gasteiger partial charge in [0.05, 0.1) is 0 Å². The summed E-state index contributed by atoms with van der Waals surface area (Å²) in [6.07, 6.45) is 8.70. The predicted octanol–water partition coefficient (Wildman–Crippen LogP) is 3.69. The summed E-state index contributed by atoms with van der Waals surface area (Å²) in [5.41, 5.74) is 0. The summed E-state index contributed by atoms with van der Waals surface area (Å²) in [7, 11) is 0. The molecule has 0 aromatic carbocycles. The Morgan fingerprint density at radius 2 is 1.75 bits per heavy atom. The molecule has 0 aromatic heterocycles. The largest absolute Gasteiger partial charge is 0.313 e. The standard InChI is InChI=1S/C14H27NS/c1-3-12-4-6-13(7-5-12)10-15-14-8-9-16-11(14)2/h11-15H,3-10H2,1-2H3. The molecule has 2 fully saturated rings. The zero-order chi connectivity index (χ0) is 11.4. The average Bonchev–Trinajstić information content (AvgIpc) is 2.73. The highest BCUT2D eigenvalue weighted by molar-refractivity contribution is 8.00. The van der Waals surface area contributed by atoms with Crippen molar-refractivity contribution in [1.82, 2.24) is 5.32 Å². The first-order valence-corrected chi connectivity index (χ1v) is 8.19. The summed E-state index contributed by atoms with van der Waals surface area (Å²) in [6.45, 7) is 6.01. The van der Waals surface area contributed by atoms with Crippen molar-refractivity contribution in [2.75, 3.05) is 12.3 Å². The Hall–Kier alpha value is 0.310. The molecule has 1 saturated heterocycles. The Bertz CT molecular complexity index is 199. The van der Waals surface area contributed by atoms with Crippen LogP contribution >= 0.6 is 11.8 Å². The van der Waals surface area contributed by atoms with Gasteiger partial charge in [-0.2, -0.15) is 11.8 Å². The maximum absolute atomic E-state index is 3.81. The van der Waals surface area contributed by atoms with Gasteiger partial charge in [0.15, 0.2) is 0 Å². The van der Waals surface area contributed by atoms with E-state index in [1.165, 1.54) is 50.8 Å². The summed E-state index contributed by atoms with van der Waals surface area (Å²) in [5.74, 6) is 3.37. The zero-order valence-corrected chi connectivity index (χ0v) is 11.7. The van der Waals surface area contributed by atoms with Crippen molar-refractivity contribution >= 4 is 11.8 Å². The number of nitrogens with one attached hydrogen (secondary N) is 1. The lowest BCUT2D eigenvalue weighted by molar-refractivity contribution is 0.256. The molecule has 2 heteroatoms. The molecular formula is C14H27NS. The molecule has 0 aromatic rings. The van der Waals surface area contributed by atoms with Crippen molar-refractivity contribution in [3.05, 3.63) is 0 Å². The van der Waals surface area contributed by atoms with Crippen molar-refractivity contribution in [1.29, 1.82) is 0 Å². The molecule has 16 heavy (non-hydrogen) atoms. The van der Waals surface area contributed by atoms with E-state index in [-0.39, 0.29) is 0 Å². The first-order chi connectivity index (χ1) is 7.79. The molecule has 1 aliphatic heterocycles. The molecule has 2 unspecified atom stereocenters. The second kappa shape index (κ2) is 6.30. The Balaban J connectivity index is 1.63. The number of thioether (sulfide) groups is 1. The van der Waals surface area contributed by atoms with Gasteiger partial charge in [-0.1, -0.05) is 33.1 Å². The van der Waals surface area contributed by atoms with Gasteiger partial charge in [0.25, 0.3) is 0 Å². The van der Waals surface area contributed by atoms with E-state index in [2.05, 4.69) is 30.9 Å². The van der Waals surface area contributed by atoms with Gasteiger partial charge < -0.3 is 5.32 Å². The van der Waals surface area contributed by atoms with Crippen molar-refractivity contribution in [3.63, 3.8) is 0 Å². The summed E-state index contributed by atoms with van der Waals surface area (Å²) >= 11 is 2.13. The van der Waals surface area contributed by atoms with Gasteiger partial charge in [-0.3, -0.25) is 0 Å². The van der Waals surface area contributed by atoms with Crippen molar-refractivity contribution < 1.29 is 0 Å². The third-order valence-electron chi connectivity index (χ3n) is 4.59. The molecule has 1 saturated carbocycles. The Kier molecular flexibility index (Phi) is 5.02. The first-order valence-electron chi connectivity index (χ1n) is 7.14. The van der Waals surface area contributed by atoms with Crippen LogP contribution in [-0.2, 0) is 0 Å². The highest BCUT2D eigenvalue weighted by atomic mass is 32.2. The van der Waals surface area contributed by atoms with E-state index in [4.69, 9.17) is 0 Å². The van der Waals surface area contributed by atoms with Crippen LogP contribution in [0.25, 0.3) is 0 Å². The van der Waals surface area contributed by atoms with E-state index >= 15 is 0 Å². The molecule has 2 atom stereocenters. The van der Waals surface area contributed by atoms with Crippen LogP contribution in [0.4, 0.5) is 0 Å². The fourth-order valence-electron chi connectivity index (χ4n) is 3.16. The van der Waals surface area contributed by atoms with E-state index in [0.717, 1.165) is 23.1 Å². The van der Waals surface area contributed by atoms with Gasteiger partial charge in [0.1, 0.15) is 0 Å². The molecule has 0 bridgehead atoms. The molecule has 1 aliphatic carbocycles. The Morgan fingerprint density at radius 1 is 1.06 bits per heavy atom. The third-order valence-corrected chi connectivity index (χ3v) is 5.91. The van der Waals surface area contributed by atoms with Gasteiger partial charge in [-0.25, -0.2) is 0 Å². The molecule has 1 heterocycles. The highest BCUT2D eigenvalue weighted by Crippen LogP contribution is 2.31. The summed E-state index contributed by atoms with van der Waals surface area (Å²) in [4.78, 5) is 0. The van der Waals surface area contributed by atoms with Crippen LogP contribution in [0.2, 0.25) is 0 Å². The van der Waals surface area contributed by atoms with E-state index in [9.17, 15) is 0 Å². The SMILES string of the molecule is CCC1CCC(CNC2CCSC2C)CC1. The molecule has 0 amide bonds. The minimum Gasteiger partial charge on any atom is -0.313 e. The van der Waals surface area contributed by atoms with Crippen LogP contribution in [0.15, 0.2) is 0 Å². The molecule has 2 aliphatic rings. The lowest BCUT2D eigenvalue weighted by Gasteiger charge is -2.29. The third kappa shape index (κ3) is 3.40. The highest BCUT2D eigenvalue weighted by Gasteiger charge is 2.25. The van der Waals surface area contributed by atoms with Crippen LogP contribution in [0.3, 0.4) is 0 Å². The van der Waals surface area contributed by atoms with E-state index in [1.54, 1.807) is 0 Å². The molecule has 0 spiro atoms. The predicted molar refractivity (Wildman–Crippen MR) is 74.1 cm³/mol. The van der Waals surface area contributed by atoms with E-state index in [0.29, 0.717) is 0 Å². The van der Waals surface area contributed by atoms with Gasteiger partial charge in [0, 0.05) is 11.3 Å². The zero-order valence-electron chi connectivity index (χ0n) is 10.9. The van der Waals surface area contributed by atoms with Crippen molar-refractivity contribution in [3.8, 4) is 0 Å².